The van der Waals surface area contributed by atoms with Gasteiger partial charge < -0.3 is 15.2 Å². The van der Waals surface area contributed by atoms with Crippen LogP contribution in [-0.2, 0) is 11.3 Å². The van der Waals surface area contributed by atoms with E-state index < -0.39 is 0 Å². The predicted molar refractivity (Wildman–Crippen MR) is 72.2 cm³/mol. The van der Waals surface area contributed by atoms with Gasteiger partial charge in [0.15, 0.2) is 0 Å². The minimum absolute atomic E-state index is 0.0529. The smallest absolute Gasteiger partial charge is 0.234 e. The summed E-state index contributed by atoms with van der Waals surface area (Å²) in [6.07, 6.45) is 7.72. The molecule has 0 saturated heterocycles. The number of amides is 1. The van der Waals surface area contributed by atoms with E-state index in [9.17, 15) is 4.79 Å². The minimum Gasteiger partial charge on any atom is -0.350 e. The number of carbonyl (C=O) groups excluding carboxylic acids is 1. The lowest BCUT2D eigenvalue weighted by Crippen LogP contribution is -2.44. The number of hydrogen-bond acceptors (Lipinski definition) is 3. The molecule has 0 atom stereocenters. The summed E-state index contributed by atoms with van der Waals surface area (Å²) in [5.74, 6) is 0.0529. The Morgan fingerprint density at radius 1 is 1.33 bits per heavy atom. The van der Waals surface area contributed by atoms with Gasteiger partial charge in [0.05, 0.1) is 12.9 Å². The standard InChI is InChI=1S/C13H24N4O/c1-13(2,3)16-12(18)10-14-6-4-5-8-17-9-7-15-11-17/h7,9,11,14H,4-6,8,10H2,1-3H3,(H,16,18). The van der Waals surface area contributed by atoms with Gasteiger partial charge in [-0.1, -0.05) is 0 Å². The topological polar surface area (TPSA) is 59.0 Å². The summed E-state index contributed by atoms with van der Waals surface area (Å²) in [5, 5.41) is 6.07. The molecule has 0 aliphatic heterocycles. The van der Waals surface area contributed by atoms with Crippen LogP contribution < -0.4 is 10.6 Å². The maximum absolute atomic E-state index is 11.5. The van der Waals surface area contributed by atoms with Crippen LogP contribution in [0.25, 0.3) is 0 Å². The summed E-state index contributed by atoms with van der Waals surface area (Å²) in [4.78, 5) is 15.5. The number of imidazole rings is 1. The fraction of sp³-hybridized carbons (Fsp3) is 0.692. The number of unbranched alkanes of at least 4 members (excludes halogenated alkanes) is 1. The number of rotatable bonds is 7. The van der Waals surface area contributed by atoms with E-state index in [0.717, 1.165) is 25.9 Å². The van der Waals surface area contributed by atoms with Crippen molar-refractivity contribution < 1.29 is 4.79 Å². The molecule has 0 bridgehead atoms. The van der Waals surface area contributed by atoms with Crippen molar-refractivity contribution in [2.45, 2.75) is 45.7 Å². The Morgan fingerprint density at radius 3 is 2.72 bits per heavy atom. The first-order chi connectivity index (χ1) is 8.47. The first kappa shape index (κ1) is 14.7. The summed E-state index contributed by atoms with van der Waals surface area (Å²) in [6.45, 7) is 8.19. The molecule has 18 heavy (non-hydrogen) atoms. The molecule has 5 nitrogen and oxygen atoms in total. The van der Waals surface area contributed by atoms with Crippen LogP contribution in [0.2, 0.25) is 0 Å². The van der Waals surface area contributed by atoms with E-state index >= 15 is 0 Å². The average molecular weight is 252 g/mol. The van der Waals surface area contributed by atoms with Gasteiger partial charge in [0.1, 0.15) is 0 Å². The molecule has 0 fully saturated rings. The molecule has 1 aromatic rings. The first-order valence-corrected chi connectivity index (χ1v) is 6.45. The van der Waals surface area contributed by atoms with Gasteiger partial charge in [0, 0.05) is 24.5 Å². The Labute approximate surface area is 109 Å². The van der Waals surface area contributed by atoms with Crippen LogP contribution in [-0.4, -0.2) is 34.1 Å². The van der Waals surface area contributed by atoms with E-state index in [1.54, 1.807) is 6.20 Å². The lowest BCUT2D eigenvalue weighted by molar-refractivity contribution is -0.121. The summed E-state index contributed by atoms with van der Waals surface area (Å²) in [6, 6.07) is 0. The monoisotopic (exact) mass is 252 g/mol. The number of nitrogens with one attached hydrogen (secondary N) is 2. The summed E-state index contributed by atoms with van der Waals surface area (Å²) < 4.78 is 2.06. The van der Waals surface area contributed by atoms with Gasteiger partial charge in [-0.05, 0) is 40.2 Å². The summed E-state index contributed by atoms with van der Waals surface area (Å²) in [7, 11) is 0. The molecule has 1 rings (SSSR count). The summed E-state index contributed by atoms with van der Waals surface area (Å²) in [5.41, 5.74) is -0.153. The van der Waals surface area contributed by atoms with Crippen LogP contribution in [0.3, 0.4) is 0 Å². The predicted octanol–water partition coefficient (Wildman–Crippen LogP) is 1.17. The third kappa shape index (κ3) is 7.06. The van der Waals surface area contributed by atoms with Crippen molar-refractivity contribution in [3.05, 3.63) is 18.7 Å². The zero-order chi connectivity index (χ0) is 13.4. The maximum atomic E-state index is 11.5. The molecule has 1 amide bonds. The maximum Gasteiger partial charge on any atom is 0.234 e. The number of aromatic nitrogens is 2. The van der Waals surface area contributed by atoms with Gasteiger partial charge in [-0.2, -0.15) is 0 Å². The highest BCUT2D eigenvalue weighted by molar-refractivity contribution is 5.78. The van der Waals surface area contributed by atoms with Gasteiger partial charge >= 0.3 is 0 Å². The molecule has 0 aliphatic rings. The molecule has 1 aromatic heterocycles. The average Bonchev–Trinajstić information content (AvgIpc) is 2.73. The molecule has 0 aliphatic carbocycles. The van der Waals surface area contributed by atoms with Crippen LogP contribution in [0, 0.1) is 0 Å². The van der Waals surface area contributed by atoms with Crippen LogP contribution in [0.15, 0.2) is 18.7 Å². The molecular formula is C13H24N4O. The highest BCUT2D eigenvalue weighted by Gasteiger charge is 2.12. The molecule has 1 heterocycles. The zero-order valence-electron chi connectivity index (χ0n) is 11.6. The number of hydrogen-bond donors (Lipinski definition) is 2. The van der Waals surface area contributed by atoms with Crippen LogP contribution in [0.4, 0.5) is 0 Å². The van der Waals surface area contributed by atoms with Crippen LogP contribution in [0.1, 0.15) is 33.6 Å². The lowest BCUT2D eigenvalue weighted by Gasteiger charge is -2.20. The zero-order valence-corrected chi connectivity index (χ0v) is 11.6. The second-order valence-electron chi connectivity index (χ2n) is 5.48. The van der Waals surface area contributed by atoms with Crippen LogP contribution >= 0.6 is 0 Å². The Bertz CT molecular complexity index is 340. The van der Waals surface area contributed by atoms with Crippen molar-refractivity contribution in [1.82, 2.24) is 20.2 Å². The molecule has 102 valence electrons. The third-order valence-corrected chi connectivity index (χ3v) is 2.38. The van der Waals surface area contributed by atoms with Gasteiger partial charge in [-0.3, -0.25) is 4.79 Å². The Balaban J connectivity index is 1.97. The van der Waals surface area contributed by atoms with E-state index in [2.05, 4.69) is 20.2 Å². The molecule has 5 heteroatoms. The SMILES string of the molecule is CC(C)(C)NC(=O)CNCCCCn1ccnc1. The summed E-state index contributed by atoms with van der Waals surface area (Å²) >= 11 is 0. The van der Waals surface area contributed by atoms with Crippen molar-refractivity contribution in [2.24, 2.45) is 0 Å². The van der Waals surface area contributed by atoms with Crippen LogP contribution in [0.5, 0.6) is 0 Å². The van der Waals surface area contributed by atoms with Crippen molar-refractivity contribution in [2.75, 3.05) is 13.1 Å². The normalized spacial score (nSPS) is 11.5. The highest BCUT2D eigenvalue weighted by Crippen LogP contribution is 1.97. The Morgan fingerprint density at radius 2 is 2.11 bits per heavy atom. The molecular weight excluding hydrogens is 228 g/mol. The second-order valence-corrected chi connectivity index (χ2v) is 5.48. The lowest BCUT2D eigenvalue weighted by atomic mass is 10.1. The number of carbonyl (C=O) groups is 1. The van der Waals surface area contributed by atoms with Gasteiger partial charge in [0.2, 0.25) is 5.91 Å². The largest absolute Gasteiger partial charge is 0.350 e. The molecule has 0 spiro atoms. The fourth-order valence-electron chi connectivity index (χ4n) is 1.63. The molecule has 0 aromatic carbocycles. The Hall–Kier alpha value is -1.36. The van der Waals surface area contributed by atoms with Gasteiger partial charge in [-0.15, -0.1) is 0 Å². The van der Waals surface area contributed by atoms with E-state index in [4.69, 9.17) is 0 Å². The van der Waals surface area contributed by atoms with Gasteiger partial charge in [-0.25, -0.2) is 4.98 Å². The minimum atomic E-state index is -0.153. The van der Waals surface area contributed by atoms with E-state index in [1.807, 2.05) is 33.3 Å². The Kier molecular flexibility index (Phi) is 5.85. The molecule has 0 radical (unpaired) electrons. The first-order valence-electron chi connectivity index (χ1n) is 6.45. The number of aryl methyl sites for hydroxylation is 1. The van der Waals surface area contributed by atoms with Crippen molar-refractivity contribution >= 4 is 5.91 Å². The highest BCUT2D eigenvalue weighted by atomic mass is 16.2. The second kappa shape index (κ2) is 7.16. The fourth-order valence-corrected chi connectivity index (χ4v) is 1.63. The van der Waals surface area contributed by atoms with Gasteiger partial charge in [0.25, 0.3) is 0 Å². The number of nitrogens with zero attached hydrogens (tertiary/aromatic N) is 2. The molecule has 2 N–H and O–H groups in total. The van der Waals surface area contributed by atoms with E-state index in [0.29, 0.717) is 6.54 Å². The van der Waals surface area contributed by atoms with Crippen molar-refractivity contribution in [3.63, 3.8) is 0 Å². The van der Waals surface area contributed by atoms with E-state index in [-0.39, 0.29) is 11.4 Å². The van der Waals surface area contributed by atoms with Crippen molar-refractivity contribution in [3.8, 4) is 0 Å². The quantitative estimate of drug-likeness (QED) is 0.716. The van der Waals surface area contributed by atoms with Crippen molar-refractivity contribution in [1.29, 1.82) is 0 Å². The van der Waals surface area contributed by atoms with E-state index in [1.165, 1.54) is 0 Å². The molecule has 0 unspecified atom stereocenters. The third-order valence-electron chi connectivity index (χ3n) is 2.38. The molecule has 0 saturated carbocycles.